The van der Waals surface area contributed by atoms with E-state index in [-0.39, 0.29) is 5.54 Å². The predicted octanol–water partition coefficient (Wildman–Crippen LogP) is 1.14. The van der Waals surface area contributed by atoms with E-state index in [1.54, 1.807) is 0 Å². The lowest BCUT2D eigenvalue weighted by atomic mass is 10.1. The van der Waals surface area contributed by atoms with Gasteiger partial charge in [0, 0.05) is 12.1 Å². The van der Waals surface area contributed by atoms with Gasteiger partial charge in [0.15, 0.2) is 0 Å². The maximum absolute atomic E-state index is 9.60. The first-order chi connectivity index (χ1) is 4.06. The maximum Gasteiger partial charge on any atom is 0.0935 e. The Hall–Kier alpha value is -0.440. The first-order valence-corrected chi connectivity index (χ1v) is 3.10. The molecule has 0 saturated heterocycles. The Morgan fingerprint density at radius 1 is 1.44 bits per heavy atom. The van der Waals surface area contributed by atoms with Crippen LogP contribution in [0.5, 0.6) is 0 Å². The van der Waals surface area contributed by atoms with Gasteiger partial charge in [0.05, 0.1) is 6.54 Å². The van der Waals surface area contributed by atoms with Crippen LogP contribution in [0, 0.1) is 4.91 Å². The van der Waals surface area contributed by atoms with Crippen molar-refractivity contribution in [2.24, 2.45) is 5.18 Å². The van der Waals surface area contributed by atoms with Crippen LogP contribution in [-0.4, -0.2) is 18.6 Å². The van der Waals surface area contributed by atoms with Crippen molar-refractivity contribution in [3.63, 3.8) is 0 Å². The molecule has 0 aliphatic heterocycles. The maximum atomic E-state index is 9.60. The van der Waals surface area contributed by atoms with E-state index >= 15 is 0 Å². The number of hydrogen-bond donors (Lipinski definition) is 1. The van der Waals surface area contributed by atoms with Crippen molar-refractivity contribution < 1.29 is 0 Å². The molecule has 1 N–H and O–H groups in total. The summed E-state index contributed by atoms with van der Waals surface area (Å²) in [5.41, 5.74) is 0.102. The van der Waals surface area contributed by atoms with E-state index in [2.05, 4.69) is 31.3 Å². The summed E-state index contributed by atoms with van der Waals surface area (Å²) in [5, 5.41) is 5.86. The Kier molecular flexibility index (Phi) is 3.39. The van der Waals surface area contributed by atoms with Crippen LogP contribution < -0.4 is 5.32 Å². The lowest BCUT2D eigenvalue weighted by Crippen LogP contribution is -2.37. The van der Waals surface area contributed by atoms with E-state index in [0.29, 0.717) is 13.1 Å². The summed E-state index contributed by atoms with van der Waals surface area (Å²) in [7, 11) is 0. The van der Waals surface area contributed by atoms with Gasteiger partial charge in [-0.3, -0.25) is 0 Å². The third-order valence-electron chi connectivity index (χ3n) is 0.858. The van der Waals surface area contributed by atoms with Gasteiger partial charge in [0.25, 0.3) is 0 Å². The predicted molar refractivity (Wildman–Crippen MR) is 38.4 cm³/mol. The molecule has 3 heteroatoms. The number of nitroso groups, excluding NO2 is 1. The molecule has 0 atom stereocenters. The SMILES string of the molecule is CC(C)(C)NCCN=O. The molecule has 0 unspecified atom stereocenters. The van der Waals surface area contributed by atoms with E-state index in [0.717, 1.165) is 0 Å². The Labute approximate surface area is 55.8 Å². The standard InChI is InChI=1S/C6H14N2O/c1-6(2,3)7-4-5-8-9/h7H,4-5H2,1-3H3. The molecule has 0 aliphatic rings. The highest BCUT2D eigenvalue weighted by atomic mass is 16.3. The number of nitrogens with zero attached hydrogens (tertiary/aromatic N) is 1. The summed E-state index contributed by atoms with van der Waals surface area (Å²) < 4.78 is 0. The molecule has 0 aliphatic carbocycles. The lowest BCUT2D eigenvalue weighted by Gasteiger charge is -2.18. The molecule has 0 aromatic carbocycles. The molecule has 0 aromatic heterocycles. The summed E-state index contributed by atoms with van der Waals surface area (Å²) in [6.07, 6.45) is 0. The molecular weight excluding hydrogens is 116 g/mol. The van der Waals surface area contributed by atoms with Gasteiger partial charge in [-0.25, -0.2) is 0 Å². The minimum Gasteiger partial charge on any atom is -0.310 e. The fraction of sp³-hybridized carbons (Fsp3) is 1.00. The Bertz CT molecular complexity index is 85.5. The van der Waals surface area contributed by atoms with E-state index < -0.39 is 0 Å². The molecule has 0 saturated carbocycles. The zero-order valence-corrected chi connectivity index (χ0v) is 6.27. The highest BCUT2D eigenvalue weighted by Crippen LogP contribution is 1.96. The van der Waals surface area contributed by atoms with Crippen LogP contribution in [0.4, 0.5) is 0 Å². The second kappa shape index (κ2) is 3.56. The largest absolute Gasteiger partial charge is 0.310 e. The number of nitrogens with one attached hydrogen (secondary N) is 1. The van der Waals surface area contributed by atoms with Crippen LogP contribution in [0.2, 0.25) is 0 Å². The molecule has 9 heavy (non-hydrogen) atoms. The average molecular weight is 130 g/mol. The fourth-order valence-electron chi connectivity index (χ4n) is 0.477. The first kappa shape index (κ1) is 8.56. The van der Waals surface area contributed by atoms with E-state index in [1.807, 2.05) is 0 Å². The number of hydrogen-bond acceptors (Lipinski definition) is 3. The summed E-state index contributed by atoms with van der Waals surface area (Å²) in [6.45, 7) is 7.19. The molecule has 0 aromatic rings. The molecule has 0 heterocycles. The van der Waals surface area contributed by atoms with Crippen LogP contribution in [0.15, 0.2) is 5.18 Å². The second-order valence-electron chi connectivity index (χ2n) is 3.03. The monoisotopic (exact) mass is 130 g/mol. The van der Waals surface area contributed by atoms with Gasteiger partial charge in [-0.2, -0.15) is 4.91 Å². The zero-order valence-electron chi connectivity index (χ0n) is 6.27. The Morgan fingerprint density at radius 3 is 2.33 bits per heavy atom. The van der Waals surface area contributed by atoms with E-state index in [1.165, 1.54) is 0 Å². The van der Waals surface area contributed by atoms with Crippen LogP contribution in [0.1, 0.15) is 20.8 Å². The molecule has 0 amide bonds. The summed E-state index contributed by atoms with van der Waals surface area (Å²) in [4.78, 5) is 9.60. The average Bonchev–Trinajstić information content (AvgIpc) is 1.63. The summed E-state index contributed by atoms with van der Waals surface area (Å²) >= 11 is 0. The molecule has 0 rings (SSSR count). The lowest BCUT2D eigenvalue weighted by molar-refractivity contribution is 0.432. The zero-order chi connectivity index (χ0) is 7.33. The van der Waals surface area contributed by atoms with Crippen molar-refractivity contribution in [2.75, 3.05) is 13.1 Å². The second-order valence-corrected chi connectivity index (χ2v) is 3.03. The summed E-state index contributed by atoms with van der Waals surface area (Å²) in [6, 6.07) is 0. The third kappa shape index (κ3) is 7.56. The van der Waals surface area contributed by atoms with Crippen LogP contribution in [0.25, 0.3) is 0 Å². The van der Waals surface area contributed by atoms with Crippen molar-refractivity contribution in [1.29, 1.82) is 0 Å². The van der Waals surface area contributed by atoms with Gasteiger partial charge in [-0.1, -0.05) is 5.18 Å². The minimum atomic E-state index is 0.102. The van der Waals surface area contributed by atoms with Gasteiger partial charge in [0.2, 0.25) is 0 Å². The Morgan fingerprint density at radius 2 is 2.00 bits per heavy atom. The minimum absolute atomic E-state index is 0.102. The highest BCUT2D eigenvalue weighted by molar-refractivity contribution is 4.69. The molecular formula is C6H14N2O. The van der Waals surface area contributed by atoms with Crippen LogP contribution in [0.3, 0.4) is 0 Å². The van der Waals surface area contributed by atoms with Gasteiger partial charge < -0.3 is 5.32 Å². The quantitative estimate of drug-likeness (QED) is 0.459. The summed E-state index contributed by atoms with van der Waals surface area (Å²) in [5.74, 6) is 0. The smallest absolute Gasteiger partial charge is 0.0935 e. The van der Waals surface area contributed by atoms with Gasteiger partial charge in [-0.05, 0) is 20.8 Å². The van der Waals surface area contributed by atoms with Crippen molar-refractivity contribution in [1.82, 2.24) is 5.32 Å². The van der Waals surface area contributed by atoms with Crippen molar-refractivity contribution in [3.05, 3.63) is 4.91 Å². The molecule has 0 spiro atoms. The molecule has 3 nitrogen and oxygen atoms in total. The molecule has 0 fully saturated rings. The van der Waals surface area contributed by atoms with Crippen LogP contribution in [-0.2, 0) is 0 Å². The normalized spacial score (nSPS) is 11.4. The number of rotatable bonds is 3. The molecule has 54 valence electrons. The van der Waals surface area contributed by atoms with Crippen LogP contribution >= 0.6 is 0 Å². The first-order valence-electron chi connectivity index (χ1n) is 3.10. The molecule has 0 radical (unpaired) electrons. The van der Waals surface area contributed by atoms with Gasteiger partial charge in [-0.15, -0.1) is 0 Å². The third-order valence-corrected chi connectivity index (χ3v) is 0.858. The fourth-order valence-corrected chi connectivity index (χ4v) is 0.477. The molecule has 0 bridgehead atoms. The van der Waals surface area contributed by atoms with Gasteiger partial charge in [0.1, 0.15) is 0 Å². The Balaban J connectivity index is 3.17. The van der Waals surface area contributed by atoms with E-state index in [4.69, 9.17) is 0 Å². The van der Waals surface area contributed by atoms with Gasteiger partial charge >= 0.3 is 0 Å². The highest BCUT2D eigenvalue weighted by Gasteiger charge is 2.06. The topological polar surface area (TPSA) is 41.5 Å². The van der Waals surface area contributed by atoms with Crippen molar-refractivity contribution >= 4 is 0 Å². The van der Waals surface area contributed by atoms with Crippen molar-refractivity contribution in [2.45, 2.75) is 26.3 Å². The van der Waals surface area contributed by atoms with Crippen molar-refractivity contribution in [3.8, 4) is 0 Å². The van der Waals surface area contributed by atoms with E-state index in [9.17, 15) is 4.91 Å².